The lowest BCUT2D eigenvalue weighted by Crippen LogP contribution is -2.52. The number of fused-ring (bicyclic) bond motifs is 1. The van der Waals surface area contributed by atoms with Crippen molar-refractivity contribution in [2.24, 2.45) is 0 Å². The molecule has 29 heavy (non-hydrogen) atoms. The van der Waals surface area contributed by atoms with Gasteiger partial charge in [0.2, 0.25) is 0 Å². The molecule has 2 unspecified atom stereocenters. The number of carbonyl (C=O) groups is 1. The molecule has 1 fully saturated rings. The van der Waals surface area contributed by atoms with E-state index in [1.54, 1.807) is 0 Å². The highest BCUT2D eigenvalue weighted by Gasteiger charge is 2.45. The van der Waals surface area contributed by atoms with Gasteiger partial charge < -0.3 is 19.3 Å². The lowest BCUT2D eigenvalue weighted by molar-refractivity contribution is -0.152. The van der Waals surface area contributed by atoms with E-state index in [-0.39, 0.29) is 6.10 Å². The molecule has 6 heteroatoms. The van der Waals surface area contributed by atoms with Crippen LogP contribution in [0.4, 0.5) is 0 Å². The van der Waals surface area contributed by atoms with Gasteiger partial charge in [-0.05, 0) is 30.5 Å². The van der Waals surface area contributed by atoms with Crippen molar-refractivity contribution in [1.82, 2.24) is 4.90 Å². The number of piperidine rings is 1. The van der Waals surface area contributed by atoms with E-state index in [0.29, 0.717) is 32.5 Å². The molecule has 0 radical (unpaired) electrons. The number of nitrogens with zero attached hydrogens (tertiary/aromatic N) is 1. The number of esters is 1. The Balaban J connectivity index is 1.39. The number of benzene rings is 2. The van der Waals surface area contributed by atoms with Gasteiger partial charge in [0.1, 0.15) is 18.6 Å². The SMILES string of the molecule is COC(=O)C(c1ccccc1)C1(O)CCN(CC2COc3ccccc3O2)CC1. The van der Waals surface area contributed by atoms with Crippen LogP contribution in [0.5, 0.6) is 11.5 Å². The summed E-state index contributed by atoms with van der Waals surface area (Å²) in [5, 5.41) is 11.4. The molecule has 2 aromatic carbocycles. The molecule has 1 saturated heterocycles. The first kappa shape index (κ1) is 19.7. The van der Waals surface area contributed by atoms with Crippen molar-refractivity contribution in [3.05, 3.63) is 60.2 Å². The smallest absolute Gasteiger partial charge is 0.316 e. The Morgan fingerprint density at radius 3 is 2.48 bits per heavy atom. The molecule has 0 amide bonds. The second-order valence-corrected chi connectivity index (χ2v) is 7.77. The maximum Gasteiger partial charge on any atom is 0.316 e. The fraction of sp³-hybridized carbons (Fsp3) is 0.435. The minimum atomic E-state index is -1.12. The average Bonchev–Trinajstić information content (AvgIpc) is 2.76. The minimum Gasteiger partial charge on any atom is -0.486 e. The molecular formula is C23H27NO5. The van der Waals surface area contributed by atoms with Gasteiger partial charge in [-0.2, -0.15) is 0 Å². The van der Waals surface area contributed by atoms with Crippen LogP contribution in [0.1, 0.15) is 24.3 Å². The highest BCUT2D eigenvalue weighted by molar-refractivity contribution is 5.79. The maximum absolute atomic E-state index is 12.5. The first-order valence-electron chi connectivity index (χ1n) is 10.0. The van der Waals surface area contributed by atoms with Crippen LogP contribution in [0.25, 0.3) is 0 Å². The van der Waals surface area contributed by atoms with Gasteiger partial charge in [0.05, 0.1) is 12.7 Å². The lowest BCUT2D eigenvalue weighted by atomic mass is 9.75. The number of hydrogen-bond acceptors (Lipinski definition) is 6. The number of para-hydroxylation sites is 2. The molecule has 2 aromatic rings. The Morgan fingerprint density at radius 1 is 1.14 bits per heavy atom. The van der Waals surface area contributed by atoms with Crippen molar-refractivity contribution in [3.63, 3.8) is 0 Å². The number of ether oxygens (including phenoxy) is 3. The molecule has 0 bridgehead atoms. The molecule has 2 atom stereocenters. The Kier molecular flexibility index (Phi) is 5.74. The summed E-state index contributed by atoms with van der Waals surface area (Å²) in [6.45, 7) is 2.59. The highest BCUT2D eigenvalue weighted by Crippen LogP contribution is 2.38. The predicted octanol–water partition coefficient (Wildman–Crippen LogP) is 2.61. The Morgan fingerprint density at radius 2 is 1.79 bits per heavy atom. The Labute approximate surface area is 171 Å². The normalized spacial score (nSPS) is 21.9. The zero-order valence-electron chi connectivity index (χ0n) is 16.6. The van der Waals surface area contributed by atoms with E-state index in [2.05, 4.69) is 4.90 Å². The van der Waals surface area contributed by atoms with Crippen molar-refractivity contribution in [1.29, 1.82) is 0 Å². The van der Waals surface area contributed by atoms with Gasteiger partial charge in [-0.15, -0.1) is 0 Å². The van der Waals surface area contributed by atoms with Gasteiger partial charge >= 0.3 is 5.97 Å². The molecule has 2 aliphatic heterocycles. The zero-order valence-corrected chi connectivity index (χ0v) is 16.6. The lowest BCUT2D eigenvalue weighted by Gasteiger charge is -2.43. The second kappa shape index (κ2) is 8.43. The molecule has 0 spiro atoms. The number of carbonyl (C=O) groups excluding carboxylic acids is 1. The molecule has 0 saturated carbocycles. The molecule has 4 rings (SSSR count). The van der Waals surface area contributed by atoms with Crippen molar-refractivity contribution in [2.75, 3.05) is 33.4 Å². The van der Waals surface area contributed by atoms with Crippen LogP contribution < -0.4 is 9.47 Å². The number of likely N-dealkylation sites (tertiary alicyclic amines) is 1. The topological polar surface area (TPSA) is 68.2 Å². The summed E-state index contributed by atoms with van der Waals surface area (Å²) in [7, 11) is 1.37. The first-order chi connectivity index (χ1) is 14.1. The predicted molar refractivity (Wildman–Crippen MR) is 108 cm³/mol. The summed E-state index contributed by atoms with van der Waals surface area (Å²) < 4.78 is 16.9. The van der Waals surface area contributed by atoms with E-state index in [4.69, 9.17) is 14.2 Å². The van der Waals surface area contributed by atoms with E-state index in [0.717, 1.165) is 23.6 Å². The molecule has 6 nitrogen and oxygen atoms in total. The molecule has 154 valence electrons. The first-order valence-corrected chi connectivity index (χ1v) is 10.0. The fourth-order valence-electron chi connectivity index (χ4n) is 4.28. The van der Waals surface area contributed by atoms with E-state index < -0.39 is 17.5 Å². The molecular weight excluding hydrogens is 370 g/mol. The maximum atomic E-state index is 12.5. The molecule has 2 heterocycles. The van der Waals surface area contributed by atoms with E-state index in [9.17, 15) is 9.90 Å². The van der Waals surface area contributed by atoms with Crippen LogP contribution in [0.3, 0.4) is 0 Å². The van der Waals surface area contributed by atoms with Gasteiger partial charge in [-0.3, -0.25) is 9.69 Å². The monoisotopic (exact) mass is 397 g/mol. The highest BCUT2D eigenvalue weighted by atomic mass is 16.6. The van der Waals surface area contributed by atoms with Crippen molar-refractivity contribution in [2.45, 2.75) is 30.5 Å². The number of methoxy groups -OCH3 is 1. The summed E-state index contributed by atoms with van der Waals surface area (Å²) in [6.07, 6.45) is 0.930. The van der Waals surface area contributed by atoms with Crippen LogP contribution in [0.15, 0.2) is 54.6 Å². The zero-order chi connectivity index (χ0) is 20.3. The van der Waals surface area contributed by atoms with E-state index in [1.165, 1.54) is 7.11 Å². The van der Waals surface area contributed by atoms with E-state index >= 15 is 0 Å². The van der Waals surface area contributed by atoms with Gasteiger partial charge in [-0.25, -0.2) is 0 Å². The minimum absolute atomic E-state index is 0.0541. The standard InChI is InChI=1S/C23H27NO5/c1-27-22(25)21(17-7-3-2-4-8-17)23(26)11-13-24(14-12-23)15-18-16-28-19-9-5-6-10-20(19)29-18/h2-10,18,21,26H,11-16H2,1H3. The summed E-state index contributed by atoms with van der Waals surface area (Å²) in [5.74, 6) is 0.470. The van der Waals surface area contributed by atoms with Crippen LogP contribution in [0.2, 0.25) is 0 Å². The third kappa shape index (κ3) is 4.23. The Bertz CT molecular complexity index is 832. The fourth-order valence-corrected chi connectivity index (χ4v) is 4.28. The summed E-state index contributed by atoms with van der Waals surface area (Å²) in [5.41, 5.74) is -0.336. The quantitative estimate of drug-likeness (QED) is 0.783. The van der Waals surface area contributed by atoms with Gasteiger partial charge in [0, 0.05) is 19.6 Å². The van der Waals surface area contributed by atoms with Gasteiger partial charge in [0.15, 0.2) is 11.5 Å². The second-order valence-electron chi connectivity index (χ2n) is 7.77. The summed E-state index contributed by atoms with van der Waals surface area (Å²) in [6, 6.07) is 17.1. The third-order valence-electron chi connectivity index (χ3n) is 5.86. The molecule has 0 aliphatic carbocycles. The van der Waals surface area contributed by atoms with Crippen molar-refractivity contribution >= 4 is 5.97 Å². The number of hydrogen-bond donors (Lipinski definition) is 1. The molecule has 2 aliphatic rings. The largest absolute Gasteiger partial charge is 0.486 e. The van der Waals surface area contributed by atoms with E-state index in [1.807, 2.05) is 54.6 Å². The van der Waals surface area contributed by atoms with Crippen molar-refractivity contribution in [3.8, 4) is 11.5 Å². The third-order valence-corrected chi connectivity index (χ3v) is 5.86. The molecule has 1 N–H and O–H groups in total. The summed E-state index contributed by atoms with van der Waals surface area (Å²) >= 11 is 0. The molecule has 0 aromatic heterocycles. The van der Waals surface area contributed by atoms with Gasteiger partial charge in [0.25, 0.3) is 0 Å². The Hall–Kier alpha value is -2.57. The van der Waals surface area contributed by atoms with Crippen LogP contribution in [-0.2, 0) is 9.53 Å². The van der Waals surface area contributed by atoms with Crippen LogP contribution >= 0.6 is 0 Å². The number of rotatable bonds is 5. The summed E-state index contributed by atoms with van der Waals surface area (Å²) in [4.78, 5) is 14.8. The van der Waals surface area contributed by atoms with Gasteiger partial charge in [-0.1, -0.05) is 42.5 Å². The average molecular weight is 397 g/mol. The van der Waals surface area contributed by atoms with Crippen LogP contribution in [-0.4, -0.2) is 61.0 Å². The van der Waals surface area contributed by atoms with Crippen molar-refractivity contribution < 1.29 is 24.1 Å². The van der Waals surface area contributed by atoms with Crippen LogP contribution in [0, 0.1) is 0 Å². The number of aliphatic hydroxyl groups is 1.